The number of nitrogens with zero attached hydrogens (tertiary/aromatic N) is 2. The third kappa shape index (κ3) is 3.19. The topological polar surface area (TPSA) is 28.2 Å². The van der Waals surface area contributed by atoms with Crippen molar-refractivity contribution in [2.75, 3.05) is 24.5 Å². The molecule has 1 saturated heterocycles. The van der Waals surface area contributed by atoms with Crippen molar-refractivity contribution in [2.45, 2.75) is 39.2 Å². The summed E-state index contributed by atoms with van der Waals surface area (Å²) in [5, 5.41) is 3.49. The first-order valence-electron chi connectivity index (χ1n) is 6.71. The Balaban J connectivity index is 2.15. The van der Waals surface area contributed by atoms with Crippen LogP contribution in [0, 0.1) is 6.92 Å². The second-order valence-corrected chi connectivity index (χ2v) is 4.88. The standard InChI is InChI=1S/C14H23N3/c1-3-9-17(13-5-4-7-15-11-13)14-10-12(2)6-8-16-14/h6,8,10,13,15H,3-5,7,9,11H2,1-2H3. The van der Waals surface area contributed by atoms with Crippen LogP contribution in [0.15, 0.2) is 18.3 Å². The van der Waals surface area contributed by atoms with Gasteiger partial charge in [-0.05, 0) is 50.4 Å². The predicted molar refractivity (Wildman–Crippen MR) is 72.5 cm³/mol. The molecule has 1 aromatic heterocycles. The van der Waals surface area contributed by atoms with E-state index in [1.807, 2.05) is 6.20 Å². The van der Waals surface area contributed by atoms with Crippen molar-refractivity contribution < 1.29 is 0 Å². The van der Waals surface area contributed by atoms with Crippen molar-refractivity contribution in [3.05, 3.63) is 23.9 Å². The number of hydrogen-bond acceptors (Lipinski definition) is 3. The Morgan fingerprint density at radius 1 is 1.53 bits per heavy atom. The van der Waals surface area contributed by atoms with Gasteiger partial charge in [-0.1, -0.05) is 6.92 Å². The maximum atomic E-state index is 4.53. The molecule has 1 N–H and O–H groups in total. The number of nitrogens with one attached hydrogen (secondary N) is 1. The second kappa shape index (κ2) is 6.01. The molecule has 0 bridgehead atoms. The summed E-state index contributed by atoms with van der Waals surface area (Å²) >= 11 is 0. The summed E-state index contributed by atoms with van der Waals surface area (Å²) in [6.45, 7) is 7.73. The van der Waals surface area contributed by atoms with Gasteiger partial charge in [0.1, 0.15) is 5.82 Å². The lowest BCUT2D eigenvalue weighted by molar-refractivity contribution is 0.429. The largest absolute Gasteiger partial charge is 0.352 e. The summed E-state index contributed by atoms with van der Waals surface area (Å²) < 4.78 is 0. The molecule has 17 heavy (non-hydrogen) atoms. The number of aromatic nitrogens is 1. The lowest BCUT2D eigenvalue weighted by Crippen LogP contribution is -2.46. The third-order valence-electron chi connectivity index (χ3n) is 3.37. The van der Waals surface area contributed by atoms with Crippen LogP contribution in [0.25, 0.3) is 0 Å². The van der Waals surface area contributed by atoms with Crippen LogP contribution in [0.4, 0.5) is 5.82 Å². The number of hydrogen-bond donors (Lipinski definition) is 1. The van der Waals surface area contributed by atoms with Crippen LogP contribution >= 0.6 is 0 Å². The molecule has 0 radical (unpaired) electrons. The monoisotopic (exact) mass is 233 g/mol. The van der Waals surface area contributed by atoms with Gasteiger partial charge in [0.25, 0.3) is 0 Å². The lowest BCUT2D eigenvalue weighted by atomic mass is 10.1. The van der Waals surface area contributed by atoms with E-state index in [1.165, 1.54) is 24.8 Å². The third-order valence-corrected chi connectivity index (χ3v) is 3.37. The zero-order chi connectivity index (χ0) is 12.1. The van der Waals surface area contributed by atoms with Gasteiger partial charge >= 0.3 is 0 Å². The number of aryl methyl sites for hydroxylation is 1. The molecule has 1 aliphatic heterocycles. The van der Waals surface area contributed by atoms with E-state index < -0.39 is 0 Å². The Labute approximate surface area is 104 Å². The molecule has 3 heteroatoms. The lowest BCUT2D eigenvalue weighted by Gasteiger charge is -2.35. The molecule has 0 spiro atoms. The molecule has 0 saturated carbocycles. The van der Waals surface area contributed by atoms with Gasteiger partial charge in [0, 0.05) is 25.3 Å². The van der Waals surface area contributed by atoms with Gasteiger partial charge in [0.05, 0.1) is 0 Å². The fourth-order valence-corrected chi connectivity index (χ4v) is 2.50. The zero-order valence-electron chi connectivity index (χ0n) is 10.9. The first-order valence-corrected chi connectivity index (χ1v) is 6.71. The van der Waals surface area contributed by atoms with Crippen LogP contribution in [0.5, 0.6) is 0 Å². The first kappa shape index (κ1) is 12.4. The number of anilines is 1. The molecule has 0 aromatic carbocycles. The highest BCUT2D eigenvalue weighted by atomic mass is 15.2. The number of pyridine rings is 1. The Bertz CT molecular complexity index is 345. The second-order valence-electron chi connectivity index (χ2n) is 4.88. The van der Waals surface area contributed by atoms with Crippen molar-refractivity contribution >= 4 is 5.82 Å². The maximum Gasteiger partial charge on any atom is 0.129 e. The Morgan fingerprint density at radius 3 is 3.06 bits per heavy atom. The maximum absolute atomic E-state index is 4.53. The smallest absolute Gasteiger partial charge is 0.129 e. The van der Waals surface area contributed by atoms with Gasteiger partial charge in [-0.15, -0.1) is 0 Å². The fraction of sp³-hybridized carbons (Fsp3) is 0.643. The molecule has 2 rings (SSSR count). The van der Waals surface area contributed by atoms with Crippen LogP contribution in [0.3, 0.4) is 0 Å². The summed E-state index contributed by atoms with van der Waals surface area (Å²) in [4.78, 5) is 7.00. The molecule has 1 unspecified atom stereocenters. The van der Waals surface area contributed by atoms with Gasteiger partial charge in [0.2, 0.25) is 0 Å². The predicted octanol–water partition coefficient (Wildman–Crippen LogP) is 2.36. The van der Waals surface area contributed by atoms with Crippen LogP contribution in [0.2, 0.25) is 0 Å². The van der Waals surface area contributed by atoms with E-state index in [4.69, 9.17) is 0 Å². The average Bonchev–Trinajstić information content (AvgIpc) is 2.37. The highest BCUT2D eigenvalue weighted by molar-refractivity contribution is 5.42. The van der Waals surface area contributed by atoms with E-state index >= 15 is 0 Å². The minimum Gasteiger partial charge on any atom is -0.352 e. The molecule has 1 atom stereocenters. The van der Waals surface area contributed by atoms with E-state index in [9.17, 15) is 0 Å². The Morgan fingerprint density at radius 2 is 2.41 bits per heavy atom. The molecule has 0 amide bonds. The number of rotatable bonds is 4. The van der Waals surface area contributed by atoms with Crippen molar-refractivity contribution in [3.8, 4) is 0 Å². The van der Waals surface area contributed by atoms with Gasteiger partial charge < -0.3 is 10.2 Å². The van der Waals surface area contributed by atoms with Crippen molar-refractivity contribution in [1.82, 2.24) is 10.3 Å². The van der Waals surface area contributed by atoms with Crippen molar-refractivity contribution in [2.24, 2.45) is 0 Å². The molecule has 0 aliphatic carbocycles. The average molecular weight is 233 g/mol. The van der Waals surface area contributed by atoms with Crippen molar-refractivity contribution in [1.29, 1.82) is 0 Å². The Kier molecular flexibility index (Phi) is 4.37. The minimum atomic E-state index is 0.609. The minimum absolute atomic E-state index is 0.609. The van der Waals surface area contributed by atoms with E-state index in [0.717, 1.165) is 25.5 Å². The van der Waals surface area contributed by atoms with Crippen LogP contribution in [0.1, 0.15) is 31.7 Å². The normalized spacial score (nSPS) is 20.2. The summed E-state index contributed by atoms with van der Waals surface area (Å²) in [5.41, 5.74) is 1.29. The van der Waals surface area contributed by atoms with Crippen molar-refractivity contribution in [3.63, 3.8) is 0 Å². The quantitative estimate of drug-likeness (QED) is 0.865. The van der Waals surface area contributed by atoms with Crippen LogP contribution in [-0.4, -0.2) is 30.7 Å². The van der Waals surface area contributed by atoms with E-state index in [1.54, 1.807) is 0 Å². The highest BCUT2D eigenvalue weighted by Crippen LogP contribution is 2.19. The highest BCUT2D eigenvalue weighted by Gasteiger charge is 2.21. The zero-order valence-corrected chi connectivity index (χ0v) is 10.9. The first-order chi connectivity index (χ1) is 8.31. The van der Waals surface area contributed by atoms with Gasteiger partial charge in [-0.2, -0.15) is 0 Å². The van der Waals surface area contributed by atoms with E-state index in [2.05, 4.69) is 41.2 Å². The van der Waals surface area contributed by atoms with Gasteiger partial charge in [0.15, 0.2) is 0 Å². The molecule has 1 aliphatic rings. The molecular weight excluding hydrogens is 210 g/mol. The summed E-state index contributed by atoms with van der Waals surface area (Å²) in [7, 11) is 0. The Hall–Kier alpha value is -1.09. The molecule has 3 nitrogen and oxygen atoms in total. The fourth-order valence-electron chi connectivity index (χ4n) is 2.50. The molecule has 94 valence electrons. The molecular formula is C14H23N3. The summed E-state index contributed by atoms with van der Waals surface area (Å²) in [6, 6.07) is 4.87. The molecule has 1 fully saturated rings. The van der Waals surface area contributed by atoms with Crippen LogP contribution < -0.4 is 10.2 Å². The SMILES string of the molecule is CCCN(c1cc(C)ccn1)C1CCCNC1. The van der Waals surface area contributed by atoms with Crippen LogP contribution in [-0.2, 0) is 0 Å². The summed E-state index contributed by atoms with van der Waals surface area (Å²) in [5.74, 6) is 1.14. The van der Waals surface area contributed by atoms with E-state index in [0.29, 0.717) is 6.04 Å². The van der Waals surface area contributed by atoms with Gasteiger partial charge in [-0.25, -0.2) is 4.98 Å². The summed E-state index contributed by atoms with van der Waals surface area (Å²) in [6.07, 6.45) is 5.65. The van der Waals surface area contributed by atoms with E-state index in [-0.39, 0.29) is 0 Å². The molecule has 2 heterocycles. The number of piperidine rings is 1. The van der Waals surface area contributed by atoms with Gasteiger partial charge in [-0.3, -0.25) is 0 Å². The molecule has 1 aromatic rings.